The molecule has 0 aromatic rings. The Morgan fingerprint density at radius 2 is 2.00 bits per heavy atom. The van der Waals surface area contributed by atoms with Gasteiger partial charge in [0.15, 0.2) is 0 Å². The summed E-state index contributed by atoms with van der Waals surface area (Å²) in [4.78, 5) is 17.2. The van der Waals surface area contributed by atoms with Crippen LogP contribution < -0.4 is 0 Å². The number of thiocarbonyl (C=S) groups is 1. The smallest absolute Gasteiger partial charge is 0.234 e. The summed E-state index contributed by atoms with van der Waals surface area (Å²) in [6.45, 7) is 4.77. The molecule has 3 nitrogen and oxygen atoms in total. The molecule has 0 atom stereocenters. The number of hydrogen-bond acceptors (Lipinski definition) is 3. The molecule has 0 aromatic carbocycles. The van der Waals surface area contributed by atoms with Crippen LogP contribution in [0.1, 0.15) is 26.2 Å². The van der Waals surface area contributed by atoms with Crippen molar-refractivity contribution < 1.29 is 4.79 Å². The highest BCUT2D eigenvalue weighted by Crippen LogP contribution is 2.42. The molecule has 4 heteroatoms. The van der Waals surface area contributed by atoms with Gasteiger partial charge in [-0.2, -0.15) is 0 Å². The summed E-state index contributed by atoms with van der Waals surface area (Å²) < 4.78 is 0. The van der Waals surface area contributed by atoms with Crippen molar-refractivity contribution in [2.24, 2.45) is 5.41 Å². The maximum absolute atomic E-state index is 12.3. The third kappa shape index (κ3) is 1.70. The van der Waals surface area contributed by atoms with E-state index < -0.39 is 0 Å². The summed E-state index contributed by atoms with van der Waals surface area (Å²) in [5.74, 6) is 0.281. The first-order valence-corrected chi connectivity index (χ1v) is 6.03. The maximum atomic E-state index is 12.3. The van der Waals surface area contributed by atoms with Gasteiger partial charge in [0, 0.05) is 13.0 Å². The van der Waals surface area contributed by atoms with Crippen LogP contribution in [0.2, 0.25) is 0 Å². The predicted octanol–water partition coefficient (Wildman–Crippen LogP) is 1.28. The number of rotatable bonds is 1. The van der Waals surface area contributed by atoms with Gasteiger partial charge >= 0.3 is 0 Å². The highest BCUT2D eigenvalue weighted by atomic mass is 32.1. The van der Waals surface area contributed by atoms with E-state index >= 15 is 0 Å². The molecule has 15 heavy (non-hydrogen) atoms. The number of carbonyl (C=O) groups excluding carboxylic acids is 1. The van der Waals surface area contributed by atoms with E-state index in [1.807, 2.05) is 6.92 Å². The van der Waals surface area contributed by atoms with Crippen LogP contribution in [0.5, 0.6) is 0 Å². The van der Waals surface area contributed by atoms with Crippen LogP contribution >= 0.6 is 12.2 Å². The summed E-state index contributed by atoms with van der Waals surface area (Å²) in [6, 6.07) is 0. The minimum atomic E-state index is -0.139. The van der Waals surface area contributed by atoms with Gasteiger partial charge in [0.2, 0.25) is 5.91 Å². The molecule has 2 rings (SSSR count). The summed E-state index contributed by atoms with van der Waals surface area (Å²) in [5, 5.41) is 0. The zero-order chi connectivity index (χ0) is 11.1. The third-order valence-corrected chi connectivity index (χ3v) is 4.11. The lowest BCUT2D eigenvalue weighted by Crippen LogP contribution is -2.43. The van der Waals surface area contributed by atoms with Crippen LogP contribution in [0, 0.1) is 5.41 Å². The zero-order valence-electron chi connectivity index (χ0n) is 9.45. The summed E-state index contributed by atoms with van der Waals surface area (Å²) >= 11 is 5.29. The molecule has 1 spiro atoms. The second-order valence-corrected chi connectivity index (χ2v) is 5.17. The minimum absolute atomic E-state index is 0.139. The van der Waals surface area contributed by atoms with Crippen molar-refractivity contribution >= 4 is 23.1 Å². The van der Waals surface area contributed by atoms with E-state index in [1.54, 1.807) is 4.90 Å². The van der Waals surface area contributed by atoms with Gasteiger partial charge < -0.3 is 9.80 Å². The first-order chi connectivity index (χ1) is 7.09. The van der Waals surface area contributed by atoms with E-state index in [-0.39, 0.29) is 11.3 Å². The van der Waals surface area contributed by atoms with E-state index in [0.717, 1.165) is 43.9 Å². The fourth-order valence-corrected chi connectivity index (χ4v) is 3.11. The molecule has 84 valence electrons. The van der Waals surface area contributed by atoms with Crippen LogP contribution in [-0.2, 0) is 4.79 Å². The summed E-state index contributed by atoms with van der Waals surface area (Å²) in [5.41, 5.74) is -0.139. The second kappa shape index (κ2) is 3.83. The van der Waals surface area contributed by atoms with Crippen LogP contribution in [-0.4, -0.2) is 47.4 Å². The van der Waals surface area contributed by atoms with Crippen molar-refractivity contribution in [3.8, 4) is 0 Å². The standard InChI is InChI=1S/C11H18N2OS/c1-3-13-9(15)8-11(10(13)14)4-6-12(2)7-5-11/h3-8H2,1-2H3. The van der Waals surface area contributed by atoms with E-state index in [0.29, 0.717) is 0 Å². The quantitative estimate of drug-likeness (QED) is 0.629. The molecule has 0 unspecified atom stereocenters. The Bertz CT molecular complexity index is 295. The van der Waals surface area contributed by atoms with Crippen LogP contribution in [0.4, 0.5) is 0 Å². The van der Waals surface area contributed by atoms with Crippen molar-refractivity contribution in [2.45, 2.75) is 26.2 Å². The molecule has 2 heterocycles. The lowest BCUT2D eigenvalue weighted by Gasteiger charge is -2.35. The summed E-state index contributed by atoms with van der Waals surface area (Å²) in [7, 11) is 2.11. The normalized spacial score (nSPS) is 26.7. The fourth-order valence-electron chi connectivity index (χ4n) is 2.62. The second-order valence-electron chi connectivity index (χ2n) is 4.70. The number of piperidine rings is 1. The Labute approximate surface area is 96.4 Å². The molecule has 2 aliphatic rings. The fraction of sp³-hybridized carbons (Fsp3) is 0.818. The lowest BCUT2D eigenvalue weighted by atomic mass is 9.77. The number of likely N-dealkylation sites (tertiary alicyclic amines) is 2. The van der Waals surface area contributed by atoms with Crippen molar-refractivity contribution in [3.63, 3.8) is 0 Å². The molecule has 0 saturated carbocycles. The Morgan fingerprint density at radius 1 is 1.40 bits per heavy atom. The Balaban J connectivity index is 2.17. The largest absolute Gasteiger partial charge is 0.306 e. The van der Waals surface area contributed by atoms with Crippen molar-refractivity contribution in [1.82, 2.24) is 9.80 Å². The van der Waals surface area contributed by atoms with Crippen LogP contribution in [0.25, 0.3) is 0 Å². The molecule has 0 bridgehead atoms. The van der Waals surface area contributed by atoms with Crippen LogP contribution in [0.15, 0.2) is 0 Å². The molecular formula is C11H18N2OS. The highest BCUT2D eigenvalue weighted by Gasteiger charge is 2.49. The van der Waals surface area contributed by atoms with E-state index in [1.165, 1.54) is 0 Å². The van der Waals surface area contributed by atoms with E-state index in [2.05, 4.69) is 11.9 Å². The molecule has 0 aromatic heterocycles. The van der Waals surface area contributed by atoms with Gasteiger partial charge in [-0.05, 0) is 39.9 Å². The molecule has 2 fully saturated rings. The average molecular weight is 226 g/mol. The zero-order valence-corrected chi connectivity index (χ0v) is 10.3. The van der Waals surface area contributed by atoms with Gasteiger partial charge in [-0.3, -0.25) is 4.79 Å². The number of nitrogens with zero attached hydrogens (tertiary/aromatic N) is 2. The monoisotopic (exact) mass is 226 g/mol. The van der Waals surface area contributed by atoms with E-state index in [4.69, 9.17) is 12.2 Å². The molecular weight excluding hydrogens is 208 g/mol. The summed E-state index contributed by atoms with van der Waals surface area (Å²) in [6.07, 6.45) is 2.75. The average Bonchev–Trinajstić information content (AvgIpc) is 2.44. The van der Waals surface area contributed by atoms with Gasteiger partial charge in [0.25, 0.3) is 0 Å². The maximum Gasteiger partial charge on any atom is 0.234 e. The molecule has 0 aliphatic carbocycles. The van der Waals surface area contributed by atoms with Crippen molar-refractivity contribution in [2.75, 3.05) is 26.7 Å². The molecule has 1 amide bonds. The van der Waals surface area contributed by atoms with E-state index in [9.17, 15) is 4.79 Å². The molecule has 0 N–H and O–H groups in total. The number of amides is 1. The molecule has 2 aliphatic heterocycles. The third-order valence-electron chi connectivity index (χ3n) is 3.75. The van der Waals surface area contributed by atoms with Gasteiger partial charge in [-0.15, -0.1) is 0 Å². The lowest BCUT2D eigenvalue weighted by molar-refractivity contribution is -0.136. The van der Waals surface area contributed by atoms with Crippen LogP contribution in [0.3, 0.4) is 0 Å². The van der Waals surface area contributed by atoms with Gasteiger partial charge in [-0.1, -0.05) is 12.2 Å². The van der Waals surface area contributed by atoms with Gasteiger partial charge in [0.1, 0.15) is 0 Å². The van der Waals surface area contributed by atoms with Crippen molar-refractivity contribution in [1.29, 1.82) is 0 Å². The number of hydrogen-bond donors (Lipinski definition) is 0. The SMILES string of the molecule is CCN1C(=O)C2(CCN(C)CC2)CC1=S. The Kier molecular flexibility index (Phi) is 2.81. The topological polar surface area (TPSA) is 23.6 Å². The van der Waals surface area contributed by atoms with Crippen molar-refractivity contribution in [3.05, 3.63) is 0 Å². The highest BCUT2D eigenvalue weighted by molar-refractivity contribution is 7.80. The first-order valence-electron chi connectivity index (χ1n) is 5.62. The Morgan fingerprint density at radius 3 is 2.47 bits per heavy atom. The molecule has 0 radical (unpaired) electrons. The minimum Gasteiger partial charge on any atom is -0.306 e. The van der Waals surface area contributed by atoms with Gasteiger partial charge in [0.05, 0.1) is 10.4 Å². The van der Waals surface area contributed by atoms with Gasteiger partial charge in [-0.25, -0.2) is 0 Å². The first kappa shape index (κ1) is 11.0. The Hall–Kier alpha value is -0.480. The predicted molar refractivity (Wildman–Crippen MR) is 63.8 cm³/mol. The molecule has 2 saturated heterocycles. The number of carbonyl (C=O) groups is 1.